The molecule has 0 aromatic heterocycles. The van der Waals surface area contributed by atoms with E-state index in [0.29, 0.717) is 12.0 Å². The molecule has 1 heterocycles. The molecule has 1 aliphatic carbocycles. The Morgan fingerprint density at radius 1 is 1.24 bits per heavy atom. The quantitative estimate of drug-likeness (QED) is 0.858. The number of halogens is 1. The summed E-state index contributed by atoms with van der Waals surface area (Å²) in [5.74, 6) is 0.830. The van der Waals surface area contributed by atoms with Crippen LogP contribution in [-0.4, -0.2) is 44.2 Å². The number of carbonyl (C=O) groups is 1. The highest BCUT2D eigenvalue weighted by Gasteiger charge is 2.32. The molecule has 0 spiro atoms. The van der Waals surface area contributed by atoms with Crippen LogP contribution in [0.3, 0.4) is 0 Å². The molecule has 3 rings (SSSR count). The number of quaternary nitrogens is 1. The lowest BCUT2D eigenvalue weighted by Crippen LogP contribution is -3.19. The van der Waals surface area contributed by atoms with E-state index in [4.69, 9.17) is 11.6 Å². The second-order valence-corrected chi connectivity index (χ2v) is 8.10. The third-order valence-corrected chi connectivity index (χ3v) is 6.36. The lowest BCUT2D eigenvalue weighted by atomic mass is 9.86. The van der Waals surface area contributed by atoms with Gasteiger partial charge in [0.1, 0.15) is 0 Å². The Bertz CT molecular complexity index is 586. The van der Waals surface area contributed by atoms with Crippen LogP contribution in [0.5, 0.6) is 0 Å². The molecule has 1 saturated carbocycles. The standard InChI is InChI=1S/C20H30ClN3O/c1-15-7-3-5-9-18(15)22-20(25)16(2)23-11-13-24(14-12-23)19-10-6-4-8-17(19)21/h4,6,8,10,15-16,18H,3,5,7,9,11-14H2,1-2H3,(H,22,25)/p+1/t15-,16-,18-/m1/s1. The lowest BCUT2D eigenvalue weighted by Gasteiger charge is -2.37. The Hall–Kier alpha value is -1.26. The van der Waals surface area contributed by atoms with Gasteiger partial charge in [0.05, 0.1) is 36.9 Å². The Morgan fingerprint density at radius 3 is 2.60 bits per heavy atom. The molecule has 1 aromatic rings. The molecule has 0 bridgehead atoms. The minimum Gasteiger partial charge on any atom is -0.359 e. The molecule has 1 amide bonds. The van der Waals surface area contributed by atoms with Crippen molar-refractivity contribution in [1.82, 2.24) is 5.32 Å². The van der Waals surface area contributed by atoms with Crippen molar-refractivity contribution in [3.8, 4) is 0 Å². The molecule has 2 aliphatic rings. The van der Waals surface area contributed by atoms with Crippen molar-refractivity contribution in [1.29, 1.82) is 0 Å². The van der Waals surface area contributed by atoms with Crippen LogP contribution in [0.15, 0.2) is 24.3 Å². The molecule has 2 N–H and O–H groups in total. The van der Waals surface area contributed by atoms with Crippen LogP contribution >= 0.6 is 11.6 Å². The number of hydrogen-bond acceptors (Lipinski definition) is 2. The zero-order valence-electron chi connectivity index (χ0n) is 15.4. The van der Waals surface area contributed by atoms with Gasteiger partial charge in [-0.25, -0.2) is 0 Å². The fourth-order valence-corrected chi connectivity index (χ4v) is 4.46. The maximum absolute atomic E-state index is 12.7. The number of amides is 1. The zero-order chi connectivity index (χ0) is 17.8. The minimum atomic E-state index is 0.0162. The molecule has 4 nitrogen and oxygen atoms in total. The van der Waals surface area contributed by atoms with E-state index < -0.39 is 0 Å². The Balaban J connectivity index is 1.51. The van der Waals surface area contributed by atoms with E-state index in [1.807, 2.05) is 18.2 Å². The van der Waals surface area contributed by atoms with Crippen LogP contribution in [0.4, 0.5) is 5.69 Å². The van der Waals surface area contributed by atoms with Gasteiger partial charge < -0.3 is 15.1 Å². The van der Waals surface area contributed by atoms with Crippen molar-refractivity contribution >= 4 is 23.2 Å². The van der Waals surface area contributed by atoms with Gasteiger partial charge in [-0.15, -0.1) is 0 Å². The van der Waals surface area contributed by atoms with Crippen LogP contribution < -0.4 is 15.1 Å². The summed E-state index contributed by atoms with van der Waals surface area (Å²) in [7, 11) is 0. The Labute approximate surface area is 156 Å². The van der Waals surface area contributed by atoms with E-state index in [9.17, 15) is 4.79 Å². The van der Waals surface area contributed by atoms with Crippen molar-refractivity contribution in [2.24, 2.45) is 5.92 Å². The minimum absolute atomic E-state index is 0.0162. The van der Waals surface area contributed by atoms with Crippen LogP contribution in [0.1, 0.15) is 39.5 Å². The van der Waals surface area contributed by atoms with E-state index in [1.54, 1.807) is 0 Å². The van der Waals surface area contributed by atoms with Crippen LogP contribution in [0.2, 0.25) is 5.02 Å². The van der Waals surface area contributed by atoms with Gasteiger partial charge in [-0.1, -0.05) is 43.5 Å². The van der Waals surface area contributed by atoms with Crippen LogP contribution in [0.25, 0.3) is 0 Å². The van der Waals surface area contributed by atoms with Gasteiger partial charge in [0.2, 0.25) is 0 Å². The second-order valence-electron chi connectivity index (χ2n) is 7.70. The molecule has 0 radical (unpaired) electrons. The van der Waals surface area contributed by atoms with Crippen molar-refractivity contribution in [2.75, 3.05) is 31.1 Å². The van der Waals surface area contributed by atoms with E-state index in [1.165, 1.54) is 24.2 Å². The summed E-state index contributed by atoms with van der Waals surface area (Å²) >= 11 is 6.32. The summed E-state index contributed by atoms with van der Waals surface area (Å²) in [5.41, 5.74) is 1.11. The molecule has 138 valence electrons. The number of benzene rings is 1. The fraction of sp³-hybridized carbons (Fsp3) is 0.650. The molecule has 2 fully saturated rings. The highest BCUT2D eigenvalue weighted by atomic mass is 35.5. The normalized spacial score (nSPS) is 26.3. The van der Waals surface area contributed by atoms with Gasteiger partial charge in [0.25, 0.3) is 5.91 Å². The van der Waals surface area contributed by atoms with Gasteiger partial charge >= 0.3 is 0 Å². The molecule has 1 aliphatic heterocycles. The number of anilines is 1. The Kier molecular flexibility index (Phi) is 6.24. The molecule has 1 saturated heterocycles. The molecule has 1 aromatic carbocycles. The number of hydrogen-bond donors (Lipinski definition) is 2. The van der Waals surface area contributed by atoms with Crippen molar-refractivity contribution in [2.45, 2.75) is 51.6 Å². The summed E-state index contributed by atoms with van der Waals surface area (Å²) in [6.07, 6.45) is 4.92. The number of nitrogens with one attached hydrogen (secondary N) is 2. The van der Waals surface area contributed by atoms with E-state index in [-0.39, 0.29) is 11.9 Å². The first-order valence-corrected chi connectivity index (χ1v) is 10.1. The molecule has 25 heavy (non-hydrogen) atoms. The topological polar surface area (TPSA) is 36.8 Å². The second kappa shape index (κ2) is 8.41. The van der Waals surface area contributed by atoms with Crippen molar-refractivity contribution in [3.05, 3.63) is 29.3 Å². The van der Waals surface area contributed by atoms with E-state index in [0.717, 1.165) is 43.3 Å². The molecule has 5 heteroatoms. The first-order chi connectivity index (χ1) is 12.1. The molecular formula is C20H31ClN3O+. The lowest BCUT2D eigenvalue weighted by molar-refractivity contribution is -0.914. The summed E-state index contributed by atoms with van der Waals surface area (Å²) in [4.78, 5) is 16.4. The van der Waals surface area contributed by atoms with Gasteiger partial charge in [0, 0.05) is 6.04 Å². The first-order valence-electron chi connectivity index (χ1n) is 9.70. The fourth-order valence-electron chi connectivity index (χ4n) is 4.20. The summed E-state index contributed by atoms with van der Waals surface area (Å²) in [6.45, 7) is 8.17. The van der Waals surface area contributed by atoms with Crippen LogP contribution in [-0.2, 0) is 4.79 Å². The predicted molar refractivity (Wildman–Crippen MR) is 103 cm³/mol. The summed E-state index contributed by atoms with van der Waals surface area (Å²) < 4.78 is 0. The van der Waals surface area contributed by atoms with Gasteiger partial charge in [0.15, 0.2) is 6.04 Å². The Morgan fingerprint density at radius 2 is 1.92 bits per heavy atom. The smallest absolute Gasteiger partial charge is 0.278 e. The zero-order valence-corrected chi connectivity index (χ0v) is 16.2. The van der Waals surface area contributed by atoms with E-state index >= 15 is 0 Å². The maximum Gasteiger partial charge on any atom is 0.278 e. The largest absolute Gasteiger partial charge is 0.359 e. The van der Waals surface area contributed by atoms with Crippen molar-refractivity contribution in [3.63, 3.8) is 0 Å². The summed E-state index contributed by atoms with van der Waals surface area (Å²) in [6, 6.07) is 8.40. The molecular weight excluding hydrogens is 334 g/mol. The average molecular weight is 365 g/mol. The van der Waals surface area contributed by atoms with Gasteiger partial charge in [-0.2, -0.15) is 0 Å². The average Bonchev–Trinajstić information content (AvgIpc) is 2.63. The number of nitrogens with zero attached hydrogens (tertiary/aromatic N) is 1. The number of rotatable bonds is 4. The summed E-state index contributed by atoms with van der Waals surface area (Å²) in [5, 5.41) is 4.13. The highest BCUT2D eigenvalue weighted by Crippen LogP contribution is 2.25. The molecule has 0 unspecified atom stereocenters. The maximum atomic E-state index is 12.7. The predicted octanol–water partition coefficient (Wildman–Crippen LogP) is 2.13. The van der Waals surface area contributed by atoms with Crippen LogP contribution in [0, 0.1) is 5.92 Å². The van der Waals surface area contributed by atoms with Gasteiger partial charge in [-0.05, 0) is 37.8 Å². The number of piperazine rings is 1. The monoisotopic (exact) mass is 364 g/mol. The highest BCUT2D eigenvalue weighted by molar-refractivity contribution is 6.33. The SMILES string of the molecule is C[C@@H]1CCCC[C@H]1NC(=O)[C@@H](C)[NH+]1CCN(c2ccccc2Cl)CC1. The van der Waals surface area contributed by atoms with E-state index in [2.05, 4.69) is 30.1 Å². The number of para-hydroxylation sites is 1. The third kappa shape index (κ3) is 4.48. The van der Waals surface area contributed by atoms with Crippen molar-refractivity contribution < 1.29 is 9.69 Å². The number of carbonyl (C=O) groups excluding carboxylic acids is 1. The first kappa shape index (κ1) is 18.5. The molecule has 3 atom stereocenters. The third-order valence-electron chi connectivity index (χ3n) is 6.04. The van der Waals surface area contributed by atoms with Gasteiger partial charge in [-0.3, -0.25) is 4.79 Å².